The van der Waals surface area contributed by atoms with E-state index in [2.05, 4.69) is 34.2 Å². The predicted molar refractivity (Wildman–Crippen MR) is 119 cm³/mol. The molecule has 1 atom stereocenters. The summed E-state index contributed by atoms with van der Waals surface area (Å²) in [5.41, 5.74) is 2.35. The summed E-state index contributed by atoms with van der Waals surface area (Å²) in [5, 5.41) is 3.13. The first-order valence-corrected chi connectivity index (χ1v) is 10.6. The zero-order valence-electron chi connectivity index (χ0n) is 17.6. The lowest BCUT2D eigenvalue weighted by Crippen LogP contribution is -2.47. The van der Waals surface area contributed by atoms with E-state index in [0.717, 1.165) is 63.4 Å². The second-order valence-corrected chi connectivity index (χ2v) is 7.54. The summed E-state index contributed by atoms with van der Waals surface area (Å²) in [7, 11) is 1.69. The van der Waals surface area contributed by atoms with Crippen LogP contribution in [0.15, 0.2) is 54.6 Å². The van der Waals surface area contributed by atoms with Crippen molar-refractivity contribution >= 4 is 11.6 Å². The van der Waals surface area contributed by atoms with Crippen LogP contribution in [0.1, 0.15) is 31.2 Å². The van der Waals surface area contributed by atoms with E-state index >= 15 is 0 Å². The van der Waals surface area contributed by atoms with Crippen LogP contribution in [0.4, 0.5) is 5.69 Å². The van der Waals surface area contributed by atoms with E-state index in [1.54, 1.807) is 7.11 Å². The van der Waals surface area contributed by atoms with Gasteiger partial charge >= 0.3 is 0 Å². The quantitative estimate of drug-likeness (QED) is 0.660. The predicted octanol–water partition coefficient (Wildman–Crippen LogP) is 3.52. The van der Waals surface area contributed by atoms with Crippen LogP contribution in [0.25, 0.3) is 0 Å². The van der Waals surface area contributed by atoms with Gasteiger partial charge in [-0.3, -0.25) is 9.69 Å². The lowest BCUT2D eigenvalue weighted by Gasteiger charge is -2.36. The van der Waals surface area contributed by atoms with Crippen LogP contribution in [-0.4, -0.2) is 57.2 Å². The number of amides is 1. The number of hydrogen-bond acceptors (Lipinski definition) is 4. The summed E-state index contributed by atoms with van der Waals surface area (Å²) in [6.45, 7) is 8.01. The van der Waals surface area contributed by atoms with E-state index in [9.17, 15) is 4.79 Å². The SMILES string of the molecule is CC[C@@H](C(=O)NCCCN1CCN(c2ccc(OC)cc2)CC1)c1ccccc1. The van der Waals surface area contributed by atoms with Crippen molar-refractivity contribution in [3.05, 3.63) is 60.2 Å². The summed E-state index contributed by atoms with van der Waals surface area (Å²) in [4.78, 5) is 17.4. The summed E-state index contributed by atoms with van der Waals surface area (Å²) >= 11 is 0. The highest BCUT2D eigenvalue weighted by molar-refractivity contribution is 5.83. The van der Waals surface area contributed by atoms with E-state index in [-0.39, 0.29) is 11.8 Å². The largest absolute Gasteiger partial charge is 0.497 e. The van der Waals surface area contributed by atoms with Gasteiger partial charge in [0.05, 0.1) is 13.0 Å². The van der Waals surface area contributed by atoms with E-state index in [0.29, 0.717) is 0 Å². The number of piperazine rings is 1. The van der Waals surface area contributed by atoms with Crippen LogP contribution >= 0.6 is 0 Å². The average molecular weight is 396 g/mol. The number of anilines is 1. The maximum atomic E-state index is 12.5. The number of nitrogens with zero attached hydrogens (tertiary/aromatic N) is 2. The minimum Gasteiger partial charge on any atom is -0.497 e. The number of ether oxygens (including phenoxy) is 1. The fourth-order valence-electron chi connectivity index (χ4n) is 3.92. The van der Waals surface area contributed by atoms with Crippen LogP contribution in [0.2, 0.25) is 0 Å². The Hall–Kier alpha value is -2.53. The minimum absolute atomic E-state index is 0.0516. The molecule has 1 saturated heterocycles. The first-order valence-electron chi connectivity index (χ1n) is 10.6. The number of methoxy groups -OCH3 is 1. The van der Waals surface area contributed by atoms with Gasteiger partial charge in [0.15, 0.2) is 0 Å². The highest BCUT2D eigenvalue weighted by Crippen LogP contribution is 2.21. The molecular formula is C24H33N3O2. The van der Waals surface area contributed by atoms with Crippen molar-refractivity contribution in [2.24, 2.45) is 0 Å². The maximum Gasteiger partial charge on any atom is 0.227 e. The van der Waals surface area contributed by atoms with Crippen LogP contribution in [0.5, 0.6) is 5.75 Å². The van der Waals surface area contributed by atoms with Crippen LogP contribution in [0, 0.1) is 0 Å². The van der Waals surface area contributed by atoms with Gasteiger partial charge in [-0.15, -0.1) is 0 Å². The Balaban J connectivity index is 1.35. The third-order valence-electron chi connectivity index (χ3n) is 5.69. The van der Waals surface area contributed by atoms with Crippen LogP contribution in [0.3, 0.4) is 0 Å². The first-order chi connectivity index (χ1) is 14.2. The summed E-state index contributed by atoms with van der Waals surface area (Å²) in [5.74, 6) is 0.985. The van der Waals surface area contributed by atoms with E-state index < -0.39 is 0 Å². The molecule has 1 heterocycles. The van der Waals surface area contributed by atoms with Gasteiger partial charge in [-0.05, 0) is 49.2 Å². The van der Waals surface area contributed by atoms with Crippen molar-refractivity contribution in [3.63, 3.8) is 0 Å². The Morgan fingerprint density at radius 2 is 1.72 bits per heavy atom. The summed E-state index contributed by atoms with van der Waals surface area (Å²) < 4.78 is 5.24. The number of hydrogen-bond donors (Lipinski definition) is 1. The van der Waals surface area contributed by atoms with Gasteiger partial charge in [0.2, 0.25) is 5.91 Å². The van der Waals surface area contributed by atoms with E-state index in [1.807, 2.05) is 42.5 Å². The molecule has 3 rings (SSSR count). The molecule has 1 aliphatic heterocycles. The topological polar surface area (TPSA) is 44.8 Å². The molecule has 29 heavy (non-hydrogen) atoms. The molecule has 0 unspecified atom stereocenters. The molecule has 0 aromatic heterocycles. The van der Waals surface area contributed by atoms with Crippen molar-refractivity contribution in [2.45, 2.75) is 25.7 Å². The fraction of sp³-hybridized carbons (Fsp3) is 0.458. The van der Waals surface area contributed by atoms with Gasteiger partial charge in [-0.2, -0.15) is 0 Å². The number of nitrogens with one attached hydrogen (secondary N) is 1. The van der Waals surface area contributed by atoms with E-state index in [4.69, 9.17) is 4.74 Å². The molecule has 5 heteroatoms. The molecular weight excluding hydrogens is 362 g/mol. The molecule has 0 radical (unpaired) electrons. The van der Waals surface area contributed by atoms with Gasteiger partial charge in [0.25, 0.3) is 0 Å². The molecule has 1 N–H and O–H groups in total. The molecule has 0 saturated carbocycles. The standard InChI is InChI=1S/C24H33N3O2/c1-3-23(20-8-5-4-6-9-20)24(28)25-14-7-15-26-16-18-27(19-17-26)21-10-12-22(29-2)13-11-21/h4-6,8-13,23H,3,7,14-19H2,1-2H3,(H,25,28)/t23-/m1/s1. The fourth-order valence-corrected chi connectivity index (χ4v) is 3.92. The highest BCUT2D eigenvalue weighted by atomic mass is 16.5. The molecule has 2 aromatic rings. The van der Waals surface area contributed by atoms with Gasteiger partial charge in [-0.25, -0.2) is 0 Å². The second-order valence-electron chi connectivity index (χ2n) is 7.54. The molecule has 156 valence electrons. The zero-order chi connectivity index (χ0) is 20.5. The van der Waals surface area contributed by atoms with Gasteiger partial charge in [0.1, 0.15) is 5.75 Å². The molecule has 5 nitrogen and oxygen atoms in total. The lowest BCUT2D eigenvalue weighted by molar-refractivity contribution is -0.122. The zero-order valence-corrected chi connectivity index (χ0v) is 17.6. The number of rotatable bonds is 9. The number of benzene rings is 2. The number of carbonyl (C=O) groups is 1. The third-order valence-corrected chi connectivity index (χ3v) is 5.69. The minimum atomic E-state index is -0.0516. The summed E-state index contributed by atoms with van der Waals surface area (Å²) in [6, 6.07) is 18.3. The van der Waals surface area contributed by atoms with Crippen molar-refractivity contribution in [1.29, 1.82) is 0 Å². The molecule has 1 aliphatic rings. The Kier molecular flexibility index (Phi) is 7.94. The molecule has 1 fully saturated rings. The van der Waals surface area contributed by atoms with Crippen molar-refractivity contribution < 1.29 is 9.53 Å². The van der Waals surface area contributed by atoms with Gasteiger partial charge < -0.3 is 15.0 Å². The monoisotopic (exact) mass is 395 g/mol. The lowest BCUT2D eigenvalue weighted by atomic mass is 9.96. The molecule has 0 aliphatic carbocycles. The smallest absolute Gasteiger partial charge is 0.227 e. The van der Waals surface area contributed by atoms with Crippen LogP contribution in [-0.2, 0) is 4.79 Å². The molecule has 2 aromatic carbocycles. The van der Waals surface area contributed by atoms with E-state index in [1.165, 1.54) is 5.69 Å². The molecule has 0 spiro atoms. The van der Waals surface area contributed by atoms with Crippen molar-refractivity contribution in [2.75, 3.05) is 51.3 Å². The second kappa shape index (κ2) is 10.9. The normalized spacial score (nSPS) is 15.7. The Labute approximate surface area is 174 Å². The van der Waals surface area contributed by atoms with Crippen LogP contribution < -0.4 is 15.0 Å². The molecule has 1 amide bonds. The summed E-state index contributed by atoms with van der Waals surface area (Å²) in [6.07, 6.45) is 1.81. The van der Waals surface area contributed by atoms with Gasteiger partial charge in [0, 0.05) is 38.4 Å². The Morgan fingerprint density at radius 3 is 2.34 bits per heavy atom. The highest BCUT2D eigenvalue weighted by Gasteiger charge is 2.19. The van der Waals surface area contributed by atoms with Gasteiger partial charge in [-0.1, -0.05) is 37.3 Å². The maximum absolute atomic E-state index is 12.5. The Morgan fingerprint density at radius 1 is 1.03 bits per heavy atom. The first kappa shape index (κ1) is 21.2. The Bertz CT molecular complexity index is 740. The average Bonchev–Trinajstić information content (AvgIpc) is 2.78. The van der Waals surface area contributed by atoms with Crippen molar-refractivity contribution in [1.82, 2.24) is 10.2 Å². The third kappa shape index (κ3) is 5.97. The van der Waals surface area contributed by atoms with Crippen molar-refractivity contribution in [3.8, 4) is 5.75 Å². The number of carbonyl (C=O) groups excluding carboxylic acids is 1. The molecule has 0 bridgehead atoms.